The average Bonchev–Trinajstić information content (AvgIpc) is 2.85. The molecule has 4 nitrogen and oxygen atoms in total. The topological polar surface area (TPSA) is 55.9 Å². The Morgan fingerprint density at radius 3 is 3.00 bits per heavy atom. The number of hydrazine groups is 1. The lowest BCUT2D eigenvalue weighted by atomic mass is 10.1. The van der Waals surface area contributed by atoms with E-state index in [9.17, 15) is 0 Å². The zero-order valence-electron chi connectivity index (χ0n) is 8.85. The van der Waals surface area contributed by atoms with E-state index in [1.54, 1.807) is 17.7 Å². The van der Waals surface area contributed by atoms with Crippen molar-refractivity contribution in [3.8, 4) is 0 Å². The third-order valence-corrected chi connectivity index (χ3v) is 4.31. The van der Waals surface area contributed by atoms with Gasteiger partial charge in [-0.3, -0.25) is 11.3 Å². The van der Waals surface area contributed by atoms with Crippen LogP contribution in [0.4, 0.5) is 0 Å². The summed E-state index contributed by atoms with van der Waals surface area (Å²) in [5, 5.41) is 2.06. The second kappa shape index (κ2) is 5.09. The molecule has 0 aliphatic rings. The van der Waals surface area contributed by atoms with E-state index in [2.05, 4.69) is 31.7 Å². The van der Waals surface area contributed by atoms with Gasteiger partial charge in [-0.25, -0.2) is 4.98 Å². The summed E-state index contributed by atoms with van der Waals surface area (Å²) in [5.41, 5.74) is 3.77. The summed E-state index contributed by atoms with van der Waals surface area (Å²) in [5.74, 6) is 5.57. The molecule has 1 unspecified atom stereocenters. The number of halogens is 1. The molecule has 0 fully saturated rings. The van der Waals surface area contributed by atoms with Crippen LogP contribution >= 0.6 is 27.3 Å². The molecular formula is C10H13BrN4S. The highest BCUT2D eigenvalue weighted by molar-refractivity contribution is 9.10. The molecule has 16 heavy (non-hydrogen) atoms. The fraction of sp³-hybridized carbons (Fsp3) is 0.300. The normalized spacial score (nSPS) is 12.9. The Kier molecular flexibility index (Phi) is 3.75. The first-order valence-electron chi connectivity index (χ1n) is 4.86. The highest BCUT2D eigenvalue weighted by Gasteiger charge is 2.15. The number of rotatable bonds is 4. The maximum Gasteiger partial charge on any atom is 0.0947 e. The van der Waals surface area contributed by atoms with E-state index in [1.165, 1.54) is 4.88 Å². The van der Waals surface area contributed by atoms with Gasteiger partial charge in [-0.15, -0.1) is 11.3 Å². The number of hydrogen-bond donors (Lipinski definition) is 2. The third-order valence-electron chi connectivity index (χ3n) is 2.36. The van der Waals surface area contributed by atoms with Crippen LogP contribution in [-0.4, -0.2) is 9.55 Å². The molecule has 2 aromatic rings. The number of imidazole rings is 1. The van der Waals surface area contributed by atoms with Gasteiger partial charge in [-0.05, 0) is 27.4 Å². The van der Waals surface area contributed by atoms with E-state index in [0.717, 1.165) is 16.6 Å². The van der Waals surface area contributed by atoms with Crippen molar-refractivity contribution in [3.05, 3.63) is 39.0 Å². The summed E-state index contributed by atoms with van der Waals surface area (Å²) in [6.45, 7) is 0. The zero-order valence-corrected chi connectivity index (χ0v) is 11.3. The minimum Gasteiger partial charge on any atom is -0.340 e. The highest BCUT2D eigenvalue weighted by Crippen LogP contribution is 2.27. The Morgan fingerprint density at radius 1 is 1.69 bits per heavy atom. The molecule has 2 rings (SSSR count). The minimum atomic E-state index is 0.0520. The van der Waals surface area contributed by atoms with Gasteiger partial charge in [0.25, 0.3) is 0 Å². The Balaban J connectivity index is 2.15. The molecule has 3 N–H and O–H groups in total. The molecule has 0 aromatic carbocycles. The summed E-state index contributed by atoms with van der Waals surface area (Å²) in [7, 11) is 1.95. The molecule has 0 saturated heterocycles. The van der Waals surface area contributed by atoms with Crippen LogP contribution in [-0.2, 0) is 13.5 Å². The standard InChI is InChI=1S/C10H13BrN4S/c1-15-5-9(13-6-15)8(14-12)4-10-7(11)2-3-16-10/h2-3,5-6,8,14H,4,12H2,1H3. The Hall–Kier alpha value is -0.690. The number of nitrogens with zero attached hydrogens (tertiary/aromatic N) is 2. The van der Waals surface area contributed by atoms with Gasteiger partial charge in [0, 0.05) is 29.0 Å². The number of nitrogens with one attached hydrogen (secondary N) is 1. The second-order valence-electron chi connectivity index (χ2n) is 3.58. The number of aromatic nitrogens is 2. The molecule has 0 saturated carbocycles. The van der Waals surface area contributed by atoms with Crippen LogP contribution in [0.2, 0.25) is 0 Å². The summed E-state index contributed by atoms with van der Waals surface area (Å²) < 4.78 is 3.05. The second-order valence-corrected chi connectivity index (χ2v) is 5.43. The average molecular weight is 301 g/mol. The quantitative estimate of drug-likeness (QED) is 0.671. The van der Waals surface area contributed by atoms with Crippen LogP contribution in [0.3, 0.4) is 0 Å². The summed E-state index contributed by atoms with van der Waals surface area (Å²) in [6.07, 6.45) is 4.60. The van der Waals surface area contributed by atoms with Crippen molar-refractivity contribution in [2.75, 3.05) is 0 Å². The van der Waals surface area contributed by atoms with E-state index in [4.69, 9.17) is 5.84 Å². The van der Waals surface area contributed by atoms with Crippen molar-refractivity contribution in [2.24, 2.45) is 12.9 Å². The lowest BCUT2D eigenvalue weighted by Crippen LogP contribution is -2.29. The lowest BCUT2D eigenvalue weighted by molar-refractivity contribution is 0.543. The van der Waals surface area contributed by atoms with Crippen LogP contribution in [0.15, 0.2) is 28.4 Å². The van der Waals surface area contributed by atoms with E-state index in [-0.39, 0.29) is 6.04 Å². The first-order chi connectivity index (χ1) is 7.70. The van der Waals surface area contributed by atoms with Gasteiger partial charge in [-0.1, -0.05) is 0 Å². The summed E-state index contributed by atoms with van der Waals surface area (Å²) >= 11 is 5.24. The number of nitrogens with two attached hydrogens (primary N) is 1. The molecule has 2 aromatic heterocycles. The lowest BCUT2D eigenvalue weighted by Gasteiger charge is -2.12. The molecule has 0 aliphatic heterocycles. The number of aryl methyl sites for hydroxylation is 1. The predicted octanol–water partition coefficient (Wildman–Crippen LogP) is 1.99. The Morgan fingerprint density at radius 2 is 2.50 bits per heavy atom. The van der Waals surface area contributed by atoms with Crippen LogP contribution in [0, 0.1) is 0 Å². The van der Waals surface area contributed by atoms with Gasteiger partial charge in [0.15, 0.2) is 0 Å². The summed E-state index contributed by atoms with van der Waals surface area (Å²) in [6, 6.07) is 2.10. The van der Waals surface area contributed by atoms with Crippen LogP contribution in [0.5, 0.6) is 0 Å². The maximum atomic E-state index is 5.57. The molecule has 2 heterocycles. The smallest absolute Gasteiger partial charge is 0.0947 e. The largest absolute Gasteiger partial charge is 0.340 e. The molecular weight excluding hydrogens is 288 g/mol. The molecule has 0 spiro atoms. The molecule has 86 valence electrons. The van der Waals surface area contributed by atoms with E-state index in [0.29, 0.717) is 0 Å². The van der Waals surface area contributed by atoms with Gasteiger partial charge < -0.3 is 4.57 Å². The van der Waals surface area contributed by atoms with Crippen LogP contribution < -0.4 is 11.3 Å². The van der Waals surface area contributed by atoms with Crippen LogP contribution in [0.25, 0.3) is 0 Å². The zero-order chi connectivity index (χ0) is 11.5. The summed E-state index contributed by atoms with van der Waals surface area (Å²) in [4.78, 5) is 5.58. The van der Waals surface area contributed by atoms with E-state index >= 15 is 0 Å². The minimum absolute atomic E-state index is 0.0520. The van der Waals surface area contributed by atoms with Gasteiger partial charge in [-0.2, -0.15) is 0 Å². The number of hydrogen-bond acceptors (Lipinski definition) is 4. The van der Waals surface area contributed by atoms with Crippen molar-refractivity contribution >= 4 is 27.3 Å². The SMILES string of the molecule is Cn1cnc(C(Cc2sccc2Br)NN)c1. The fourth-order valence-electron chi connectivity index (χ4n) is 1.52. The molecule has 6 heteroatoms. The molecule has 0 amide bonds. The van der Waals surface area contributed by atoms with Crippen LogP contribution in [0.1, 0.15) is 16.6 Å². The van der Waals surface area contributed by atoms with E-state index in [1.807, 2.05) is 23.9 Å². The van der Waals surface area contributed by atoms with Crippen molar-refractivity contribution < 1.29 is 0 Å². The maximum absolute atomic E-state index is 5.57. The van der Waals surface area contributed by atoms with E-state index < -0.39 is 0 Å². The van der Waals surface area contributed by atoms with Gasteiger partial charge in [0.1, 0.15) is 0 Å². The Bertz CT molecular complexity index is 465. The van der Waals surface area contributed by atoms with Crippen molar-refractivity contribution in [2.45, 2.75) is 12.5 Å². The van der Waals surface area contributed by atoms with Gasteiger partial charge >= 0.3 is 0 Å². The predicted molar refractivity (Wildman–Crippen MR) is 69.0 cm³/mol. The van der Waals surface area contributed by atoms with Crippen molar-refractivity contribution in [3.63, 3.8) is 0 Å². The molecule has 0 aliphatic carbocycles. The molecule has 1 atom stereocenters. The first-order valence-corrected chi connectivity index (χ1v) is 6.54. The van der Waals surface area contributed by atoms with Crippen molar-refractivity contribution in [1.82, 2.24) is 15.0 Å². The monoisotopic (exact) mass is 300 g/mol. The molecule has 0 bridgehead atoms. The fourth-order valence-corrected chi connectivity index (χ4v) is 3.08. The third kappa shape index (κ3) is 2.52. The van der Waals surface area contributed by atoms with Crippen molar-refractivity contribution in [1.29, 1.82) is 0 Å². The highest BCUT2D eigenvalue weighted by atomic mass is 79.9. The van der Waals surface area contributed by atoms with Gasteiger partial charge in [0.05, 0.1) is 18.1 Å². The Labute approximate surface area is 107 Å². The molecule has 0 radical (unpaired) electrons. The van der Waals surface area contributed by atoms with Gasteiger partial charge in [0.2, 0.25) is 0 Å². The number of thiophene rings is 1. The first kappa shape index (κ1) is 11.8.